The zero-order chi connectivity index (χ0) is 23.2. The highest BCUT2D eigenvalue weighted by atomic mass is 16.7. The van der Waals surface area contributed by atoms with Gasteiger partial charge in [-0.3, -0.25) is 0 Å². The van der Waals surface area contributed by atoms with Crippen LogP contribution in [-0.2, 0) is 23.7 Å². The van der Waals surface area contributed by atoms with E-state index in [9.17, 15) is 0 Å². The normalized spacial score (nSPS) is 20.3. The average Bonchev–Trinajstić information content (AvgIpc) is 2.99. The summed E-state index contributed by atoms with van der Waals surface area (Å²) in [7, 11) is 3.23. The van der Waals surface area contributed by atoms with Crippen molar-refractivity contribution in [3.8, 4) is 0 Å². The minimum absolute atomic E-state index is 0.0503. The summed E-state index contributed by atoms with van der Waals surface area (Å²) in [6.07, 6.45) is 6.30. The summed E-state index contributed by atoms with van der Waals surface area (Å²) >= 11 is 0. The van der Waals surface area contributed by atoms with Crippen LogP contribution in [0.5, 0.6) is 0 Å². The molecule has 2 aliphatic heterocycles. The third kappa shape index (κ3) is 22.3. The SMILES string of the molecule is CC1(C)CCCCO1.CC1(C)CCCO1.CCOC(C)(C)C.COC(C)(C)OC. The topological polar surface area (TPSA) is 46.2 Å². The Morgan fingerprint density at radius 2 is 1.14 bits per heavy atom. The average molecular weight is 421 g/mol. The van der Waals surface area contributed by atoms with Crippen molar-refractivity contribution in [1.82, 2.24) is 0 Å². The molecule has 5 heteroatoms. The van der Waals surface area contributed by atoms with Gasteiger partial charge >= 0.3 is 0 Å². The molecule has 0 aromatic carbocycles. The summed E-state index contributed by atoms with van der Waals surface area (Å²) in [5, 5.41) is 0. The lowest BCUT2D eigenvalue weighted by molar-refractivity contribution is -0.178. The first-order chi connectivity index (χ1) is 13.1. The third-order valence-electron chi connectivity index (χ3n) is 4.64. The van der Waals surface area contributed by atoms with Crippen LogP contribution < -0.4 is 0 Å². The minimum Gasteiger partial charge on any atom is -0.376 e. The van der Waals surface area contributed by atoms with Crippen molar-refractivity contribution in [2.75, 3.05) is 34.0 Å². The van der Waals surface area contributed by atoms with Gasteiger partial charge < -0.3 is 23.7 Å². The molecule has 0 radical (unpaired) electrons. The van der Waals surface area contributed by atoms with Gasteiger partial charge in [-0.2, -0.15) is 0 Å². The van der Waals surface area contributed by atoms with E-state index in [1.54, 1.807) is 14.2 Å². The highest BCUT2D eigenvalue weighted by molar-refractivity contribution is 4.73. The molecule has 0 amide bonds. The Balaban J connectivity index is 0. The molecule has 0 N–H and O–H groups in total. The van der Waals surface area contributed by atoms with E-state index in [0.717, 1.165) is 19.8 Å². The van der Waals surface area contributed by atoms with Crippen LogP contribution in [0.2, 0.25) is 0 Å². The van der Waals surface area contributed by atoms with Gasteiger partial charge in [-0.1, -0.05) is 0 Å². The van der Waals surface area contributed by atoms with E-state index < -0.39 is 5.79 Å². The van der Waals surface area contributed by atoms with Gasteiger partial charge in [0.05, 0.1) is 16.8 Å². The maximum atomic E-state index is 5.47. The van der Waals surface area contributed by atoms with Crippen molar-refractivity contribution in [2.24, 2.45) is 0 Å². The fourth-order valence-electron chi connectivity index (χ4n) is 2.51. The summed E-state index contributed by atoms with van der Waals surface area (Å²) < 4.78 is 25.8. The van der Waals surface area contributed by atoms with E-state index in [-0.39, 0.29) is 16.8 Å². The molecule has 29 heavy (non-hydrogen) atoms. The standard InChI is InChI=1S/C7H14O.C6H12O.C6H14O.C5H12O2/c1-7(2)5-3-4-6-8-7;1-6(2)4-3-5-7-6;1-5-7-6(2,3)4;1-5(2,6-3)7-4/h3-6H2,1-2H3;3-5H2,1-2H3;5H2,1-4H3;1-4H3. The maximum absolute atomic E-state index is 5.47. The molecule has 2 fully saturated rings. The summed E-state index contributed by atoms with van der Waals surface area (Å²) in [4.78, 5) is 0. The molecule has 178 valence electrons. The molecular formula is C24H52O5. The van der Waals surface area contributed by atoms with E-state index >= 15 is 0 Å². The Morgan fingerprint density at radius 3 is 1.24 bits per heavy atom. The van der Waals surface area contributed by atoms with Crippen LogP contribution in [0, 0.1) is 0 Å². The van der Waals surface area contributed by atoms with Gasteiger partial charge in [0.25, 0.3) is 0 Å². The number of hydrogen-bond donors (Lipinski definition) is 0. The van der Waals surface area contributed by atoms with Crippen LogP contribution in [0.1, 0.15) is 101 Å². The van der Waals surface area contributed by atoms with E-state index in [1.807, 2.05) is 20.8 Å². The number of rotatable bonds is 3. The van der Waals surface area contributed by atoms with Crippen LogP contribution in [-0.4, -0.2) is 56.6 Å². The van der Waals surface area contributed by atoms with Crippen molar-refractivity contribution in [1.29, 1.82) is 0 Å². The number of hydrogen-bond acceptors (Lipinski definition) is 5. The second-order valence-electron chi connectivity index (χ2n) is 10.1. The Hall–Kier alpha value is -0.200. The van der Waals surface area contributed by atoms with Crippen LogP contribution in [0.25, 0.3) is 0 Å². The Bertz CT molecular complexity index is 359. The zero-order valence-corrected chi connectivity index (χ0v) is 21.7. The van der Waals surface area contributed by atoms with Crippen molar-refractivity contribution in [3.05, 3.63) is 0 Å². The molecule has 2 heterocycles. The molecule has 0 bridgehead atoms. The number of ether oxygens (including phenoxy) is 5. The molecule has 0 unspecified atom stereocenters. The first-order valence-electron chi connectivity index (χ1n) is 11.1. The van der Waals surface area contributed by atoms with Crippen molar-refractivity contribution >= 4 is 0 Å². The van der Waals surface area contributed by atoms with Crippen LogP contribution >= 0.6 is 0 Å². The van der Waals surface area contributed by atoms with E-state index in [4.69, 9.17) is 23.7 Å². The fraction of sp³-hybridized carbons (Fsp3) is 1.00. The highest BCUT2D eigenvalue weighted by Gasteiger charge is 2.22. The van der Waals surface area contributed by atoms with Gasteiger partial charge in [-0.15, -0.1) is 0 Å². The summed E-state index contributed by atoms with van der Waals surface area (Å²) in [5.41, 5.74) is 0.424. The molecule has 0 saturated carbocycles. The smallest absolute Gasteiger partial charge is 0.161 e. The molecule has 2 saturated heterocycles. The summed E-state index contributed by atoms with van der Waals surface area (Å²) in [6, 6.07) is 0. The molecule has 0 aromatic rings. The summed E-state index contributed by atoms with van der Waals surface area (Å²) in [6.45, 7) is 23.2. The molecular weight excluding hydrogens is 368 g/mol. The molecule has 0 aromatic heterocycles. The highest BCUT2D eigenvalue weighted by Crippen LogP contribution is 2.23. The van der Waals surface area contributed by atoms with Gasteiger partial charge in [0.2, 0.25) is 0 Å². The van der Waals surface area contributed by atoms with Gasteiger partial charge in [-0.25, -0.2) is 0 Å². The van der Waals surface area contributed by atoms with Gasteiger partial charge in [-0.05, 0) is 101 Å². The molecule has 0 aliphatic carbocycles. The maximum Gasteiger partial charge on any atom is 0.161 e. The van der Waals surface area contributed by atoms with Crippen molar-refractivity contribution in [3.63, 3.8) is 0 Å². The van der Waals surface area contributed by atoms with Crippen LogP contribution in [0.3, 0.4) is 0 Å². The fourth-order valence-corrected chi connectivity index (χ4v) is 2.51. The first kappa shape index (κ1) is 31.0. The molecule has 5 nitrogen and oxygen atoms in total. The quantitative estimate of drug-likeness (QED) is 0.496. The lowest BCUT2D eigenvalue weighted by Gasteiger charge is -2.29. The molecule has 2 aliphatic rings. The van der Waals surface area contributed by atoms with E-state index in [0.29, 0.717) is 0 Å². The molecule has 0 atom stereocenters. The predicted molar refractivity (Wildman–Crippen MR) is 123 cm³/mol. The Morgan fingerprint density at radius 1 is 0.724 bits per heavy atom. The van der Waals surface area contributed by atoms with Gasteiger partial charge in [0.1, 0.15) is 0 Å². The molecule has 0 spiro atoms. The van der Waals surface area contributed by atoms with Gasteiger partial charge in [0.15, 0.2) is 5.79 Å². The van der Waals surface area contributed by atoms with Gasteiger partial charge in [0, 0.05) is 34.0 Å². The Kier molecular flexibility index (Phi) is 15.8. The zero-order valence-electron chi connectivity index (χ0n) is 21.7. The molecule has 2 rings (SSSR count). The van der Waals surface area contributed by atoms with Crippen LogP contribution in [0.15, 0.2) is 0 Å². The largest absolute Gasteiger partial charge is 0.376 e. The van der Waals surface area contributed by atoms with Crippen LogP contribution in [0.4, 0.5) is 0 Å². The minimum atomic E-state index is -0.417. The lowest BCUT2D eigenvalue weighted by Crippen LogP contribution is -2.28. The van der Waals surface area contributed by atoms with E-state index in [1.165, 1.54) is 32.1 Å². The Labute approximate surface area is 182 Å². The summed E-state index contributed by atoms with van der Waals surface area (Å²) in [5.74, 6) is -0.417. The van der Waals surface area contributed by atoms with Crippen molar-refractivity contribution < 1.29 is 23.7 Å². The second kappa shape index (κ2) is 14.7. The van der Waals surface area contributed by atoms with E-state index in [2.05, 4.69) is 48.5 Å². The third-order valence-corrected chi connectivity index (χ3v) is 4.64. The first-order valence-corrected chi connectivity index (χ1v) is 11.1. The monoisotopic (exact) mass is 420 g/mol. The van der Waals surface area contributed by atoms with Crippen molar-refractivity contribution in [2.45, 2.75) is 124 Å². The predicted octanol–water partition coefficient (Wildman–Crippen LogP) is 6.38. The second-order valence-corrected chi connectivity index (χ2v) is 10.1. The number of methoxy groups -OCH3 is 2. The lowest BCUT2D eigenvalue weighted by atomic mass is 9.99.